The maximum Gasteiger partial charge on any atom is 0.224 e. The van der Waals surface area contributed by atoms with Crippen LogP contribution in [0.4, 0.5) is 5.82 Å². The van der Waals surface area contributed by atoms with E-state index in [1.165, 1.54) is 6.42 Å². The fourth-order valence-electron chi connectivity index (χ4n) is 3.43. The molecule has 0 spiro atoms. The number of aromatic nitrogens is 2. The molecule has 0 bridgehead atoms. The first-order valence-corrected chi connectivity index (χ1v) is 8.26. The first-order chi connectivity index (χ1) is 10.7. The second-order valence-corrected chi connectivity index (χ2v) is 6.33. The topological polar surface area (TPSA) is 61.4 Å². The standard InChI is InChI=1S/C16H25N5O.2ClH/c1-20(16(22)11-13-5-2-8-17-13)14-6-4-10-21(12-14)15-7-3-9-18-19-15;;/h3,7,9,13-14,17H,2,4-6,8,10-12H2,1H3;2*1H. The molecule has 0 radical (unpaired) electrons. The molecule has 2 saturated heterocycles. The molecule has 0 saturated carbocycles. The van der Waals surface area contributed by atoms with Gasteiger partial charge in [0, 0.05) is 44.8 Å². The van der Waals surface area contributed by atoms with Crippen molar-refractivity contribution < 1.29 is 4.79 Å². The number of hydrogen-bond acceptors (Lipinski definition) is 5. The highest BCUT2D eigenvalue weighted by molar-refractivity contribution is 5.85. The third-order valence-electron chi connectivity index (χ3n) is 4.80. The van der Waals surface area contributed by atoms with Gasteiger partial charge >= 0.3 is 0 Å². The van der Waals surface area contributed by atoms with Gasteiger partial charge in [0.05, 0.1) is 0 Å². The van der Waals surface area contributed by atoms with Crippen LogP contribution in [-0.4, -0.2) is 59.8 Å². The second kappa shape index (κ2) is 10.0. The molecule has 0 aromatic carbocycles. The van der Waals surface area contributed by atoms with Crippen LogP contribution in [0.25, 0.3) is 0 Å². The van der Waals surface area contributed by atoms with Crippen molar-refractivity contribution in [3.8, 4) is 0 Å². The maximum atomic E-state index is 12.5. The Hall–Kier alpha value is -1.11. The molecule has 0 aliphatic carbocycles. The monoisotopic (exact) mass is 375 g/mol. The third kappa shape index (κ3) is 5.19. The summed E-state index contributed by atoms with van der Waals surface area (Å²) in [6.07, 6.45) is 6.77. The maximum absolute atomic E-state index is 12.5. The van der Waals surface area contributed by atoms with Crippen molar-refractivity contribution in [1.29, 1.82) is 0 Å². The Morgan fingerprint density at radius 2 is 2.21 bits per heavy atom. The molecule has 1 aromatic rings. The SMILES string of the molecule is CN(C(=O)CC1CCCN1)C1CCCN(c2cccnn2)C1.Cl.Cl. The van der Waals surface area contributed by atoms with Crippen LogP contribution in [0.15, 0.2) is 18.3 Å². The van der Waals surface area contributed by atoms with Crippen molar-refractivity contribution in [2.24, 2.45) is 0 Å². The van der Waals surface area contributed by atoms with E-state index in [-0.39, 0.29) is 36.8 Å². The first-order valence-electron chi connectivity index (χ1n) is 8.26. The van der Waals surface area contributed by atoms with Crippen LogP contribution < -0.4 is 10.2 Å². The zero-order chi connectivity index (χ0) is 15.4. The van der Waals surface area contributed by atoms with Gasteiger partial charge < -0.3 is 15.1 Å². The molecule has 136 valence electrons. The smallest absolute Gasteiger partial charge is 0.224 e. The number of hydrogen-bond donors (Lipinski definition) is 1. The van der Waals surface area contributed by atoms with Gasteiger partial charge in [-0.15, -0.1) is 29.9 Å². The summed E-state index contributed by atoms with van der Waals surface area (Å²) >= 11 is 0. The molecule has 1 amide bonds. The minimum Gasteiger partial charge on any atom is -0.353 e. The Balaban J connectivity index is 0.00000144. The molecule has 2 unspecified atom stereocenters. The van der Waals surface area contributed by atoms with E-state index >= 15 is 0 Å². The van der Waals surface area contributed by atoms with Crippen LogP contribution in [0.3, 0.4) is 0 Å². The summed E-state index contributed by atoms with van der Waals surface area (Å²) in [5, 5.41) is 11.5. The molecule has 6 nitrogen and oxygen atoms in total. The van der Waals surface area contributed by atoms with Crippen LogP contribution in [0.2, 0.25) is 0 Å². The minimum absolute atomic E-state index is 0. The van der Waals surface area contributed by atoms with E-state index in [9.17, 15) is 4.79 Å². The number of rotatable bonds is 4. The number of nitrogens with zero attached hydrogens (tertiary/aromatic N) is 4. The summed E-state index contributed by atoms with van der Waals surface area (Å²) in [5.74, 6) is 1.16. The van der Waals surface area contributed by atoms with E-state index in [0.717, 1.165) is 44.7 Å². The zero-order valence-corrected chi connectivity index (χ0v) is 15.7. The highest BCUT2D eigenvalue weighted by atomic mass is 35.5. The number of nitrogens with one attached hydrogen (secondary N) is 1. The molecule has 3 rings (SSSR count). The number of likely N-dealkylation sites (N-methyl/N-ethyl adjacent to an activating group) is 1. The number of halogens is 2. The van der Waals surface area contributed by atoms with Crippen LogP contribution in [-0.2, 0) is 4.79 Å². The lowest BCUT2D eigenvalue weighted by Gasteiger charge is -2.38. The van der Waals surface area contributed by atoms with Crippen molar-refractivity contribution in [3.63, 3.8) is 0 Å². The normalized spacial score (nSPS) is 23.1. The Morgan fingerprint density at radius 3 is 2.88 bits per heavy atom. The fraction of sp³-hybridized carbons (Fsp3) is 0.688. The van der Waals surface area contributed by atoms with Gasteiger partial charge in [-0.3, -0.25) is 4.79 Å². The van der Waals surface area contributed by atoms with Crippen molar-refractivity contribution >= 4 is 36.5 Å². The van der Waals surface area contributed by atoms with Gasteiger partial charge in [-0.05, 0) is 44.4 Å². The summed E-state index contributed by atoms with van der Waals surface area (Å²) in [4.78, 5) is 16.7. The lowest BCUT2D eigenvalue weighted by Crippen LogP contribution is -2.49. The number of anilines is 1. The molecular weight excluding hydrogens is 349 g/mol. The molecule has 3 heterocycles. The van der Waals surface area contributed by atoms with E-state index in [1.807, 2.05) is 24.1 Å². The highest BCUT2D eigenvalue weighted by Gasteiger charge is 2.28. The fourth-order valence-corrected chi connectivity index (χ4v) is 3.43. The Kier molecular flexibility index (Phi) is 8.73. The molecule has 24 heavy (non-hydrogen) atoms. The Labute approximate surface area is 156 Å². The molecule has 2 atom stereocenters. The molecular formula is C16H27Cl2N5O. The van der Waals surface area contributed by atoms with E-state index < -0.39 is 0 Å². The lowest BCUT2D eigenvalue weighted by atomic mass is 10.0. The predicted molar refractivity (Wildman–Crippen MR) is 100 cm³/mol. The van der Waals surface area contributed by atoms with Gasteiger partial charge in [0.1, 0.15) is 0 Å². The summed E-state index contributed by atoms with van der Waals surface area (Å²) < 4.78 is 0. The molecule has 2 aliphatic rings. The number of piperidine rings is 1. The Bertz CT molecular complexity index is 499. The van der Waals surface area contributed by atoms with Crippen LogP contribution in [0, 0.1) is 0 Å². The molecule has 8 heteroatoms. The van der Waals surface area contributed by atoms with E-state index in [0.29, 0.717) is 12.5 Å². The van der Waals surface area contributed by atoms with Gasteiger partial charge in [0.25, 0.3) is 0 Å². The predicted octanol–water partition coefficient (Wildman–Crippen LogP) is 1.89. The lowest BCUT2D eigenvalue weighted by molar-refractivity contribution is -0.132. The molecule has 2 fully saturated rings. The largest absolute Gasteiger partial charge is 0.353 e. The first kappa shape index (κ1) is 20.9. The second-order valence-electron chi connectivity index (χ2n) is 6.33. The summed E-state index contributed by atoms with van der Waals surface area (Å²) in [6, 6.07) is 4.53. The third-order valence-corrected chi connectivity index (χ3v) is 4.80. The van der Waals surface area contributed by atoms with E-state index in [1.54, 1.807) is 6.20 Å². The van der Waals surface area contributed by atoms with Crippen molar-refractivity contribution in [2.75, 3.05) is 31.6 Å². The van der Waals surface area contributed by atoms with Crippen LogP contribution >= 0.6 is 24.8 Å². The number of amides is 1. The van der Waals surface area contributed by atoms with Gasteiger partial charge in [-0.25, -0.2) is 0 Å². The summed E-state index contributed by atoms with van der Waals surface area (Å²) in [6.45, 7) is 2.88. The average molecular weight is 376 g/mol. The van der Waals surface area contributed by atoms with Gasteiger partial charge in [-0.1, -0.05) is 0 Å². The van der Waals surface area contributed by atoms with E-state index in [4.69, 9.17) is 0 Å². The molecule has 1 N–H and O–H groups in total. The zero-order valence-electron chi connectivity index (χ0n) is 14.1. The van der Waals surface area contributed by atoms with Crippen LogP contribution in [0.5, 0.6) is 0 Å². The molecule has 2 aliphatic heterocycles. The average Bonchev–Trinajstić information content (AvgIpc) is 3.08. The van der Waals surface area contributed by atoms with Gasteiger partial charge in [-0.2, -0.15) is 5.10 Å². The van der Waals surface area contributed by atoms with Gasteiger partial charge in [0.2, 0.25) is 5.91 Å². The quantitative estimate of drug-likeness (QED) is 0.870. The highest BCUT2D eigenvalue weighted by Crippen LogP contribution is 2.21. The Morgan fingerprint density at radius 1 is 1.38 bits per heavy atom. The number of carbonyl (C=O) groups excluding carboxylic acids is 1. The van der Waals surface area contributed by atoms with Gasteiger partial charge in [0.15, 0.2) is 5.82 Å². The van der Waals surface area contributed by atoms with Crippen molar-refractivity contribution in [3.05, 3.63) is 18.3 Å². The minimum atomic E-state index is 0. The van der Waals surface area contributed by atoms with Crippen LogP contribution in [0.1, 0.15) is 32.1 Å². The molecule has 1 aromatic heterocycles. The number of carbonyl (C=O) groups is 1. The summed E-state index contributed by atoms with van der Waals surface area (Å²) in [5.41, 5.74) is 0. The van der Waals surface area contributed by atoms with E-state index in [2.05, 4.69) is 20.4 Å². The van der Waals surface area contributed by atoms with Crippen molar-refractivity contribution in [2.45, 2.75) is 44.2 Å². The van der Waals surface area contributed by atoms with Crippen molar-refractivity contribution in [1.82, 2.24) is 20.4 Å². The summed E-state index contributed by atoms with van der Waals surface area (Å²) in [7, 11) is 1.95.